The molecule has 2 heterocycles. The summed E-state index contributed by atoms with van der Waals surface area (Å²) in [5, 5.41) is 0.498. The molecule has 2 rings (SSSR count). The highest BCUT2D eigenvalue weighted by Gasteiger charge is 2.09. The molecule has 0 bridgehead atoms. The number of imidazole rings is 1. The minimum atomic E-state index is -1.06. The normalized spacial score (nSPS) is 12.5. The largest absolute Gasteiger partial charge is 0.609 e. The molecule has 0 spiro atoms. The summed E-state index contributed by atoms with van der Waals surface area (Å²) >= 11 is -1.06. The lowest BCUT2D eigenvalue weighted by atomic mass is 10.4. The van der Waals surface area contributed by atoms with E-state index in [1.807, 2.05) is 0 Å². The summed E-state index contributed by atoms with van der Waals surface area (Å²) < 4.78 is 11.0. The molecule has 0 aromatic carbocycles. The van der Waals surface area contributed by atoms with Gasteiger partial charge in [0.05, 0.1) is 11.7 Å². The van der Waals surface area contributed by atoms with Crippen molar-refractivity contribution in [3.8, 4) is 0 Å². The summed E-state index contributed by atoms with van der Waals surface area (Å²) in [5.74, 6) is 0. The first-order valence-corrected chi connectivity index (χ1v) is 4.96. The molecule has 2 aromatic heterocycles. The fraction of sp³-hybridized carbons (Fsp3) is 0.143. The van der Waals surface area contributed by atoms with Crippen molar-refractivity contribution in [1.29, 1.82) is 0 Å². The Kier molecular flexibility index (Phi) is 3.13. The van der Waals surface area contributed by atoms with Gasteiger partial charge in [0.2, 0.25) is 0 Å². The van der Waals surface area contributed by atoms with Crippen LogP contribution in [0.1, 0.15) is 0 Å². The summed E-state index contributed by atoms with van der Waals surface area (Å²) in [6, 6.07) is 1.80. The second kappa shape index (κ2) is 3.95. The van der Waals surface area contributed by atoms with E-state index in [0.717, 1.165) is 11.0 Å². The van der Waals surface area contributed by atoms with Crippen molar-refractivity contribution in [3.05, 3.63) is 18.5 Å². The summed E-state index contributed by atoms with van der Waals surface area (Å²) in [6.45, 7) is 0. The van der Waals surface area contributed by atoms with E-state index in [0.29, 0.717) is 5.16 Å². The van der Waals surface area contributed by atoms with Crippen molar-refractivity contribution in [3.63, 3.8) is 0 Å². The Hall–Kier alpha value is -0.780. The van der Waals surface area contributed by atoms with Gasteiger partial charge in [0.1, 0.15) is 11.8 Å². The fourth-order valence-corrected chi connectivity index (χ4v) is 1.45. The first-order chi connectivity index (χ1) is 5.77. The molecule has 2 aromatic rings. The van der Waals surface area contributed by atoms with Gasteiger partial charge in [0.25, 0.3) is 0 Å². The number of hydrogen-bond acceptors (Lipinski definition) is 3. The van der Waals surface area contributed by atoms with Gasteiger partial charge in [-0.1, -0.05) is 0 Å². The van der Waals surface area contributed by atoms with Gasteiger partial charge in [-0.15, -0.1) is 12.4 Å². The number of rotatable bonds is 1. The molecule has 0 saturated carbocycles. The Morgan fingerprint density at radius 3 is 2.92 bits per heavy atom. The van der Waals surface area contributed by atoms with Gasteiger partial charge in [-0.05, 0) is 6.07 Å². The zero-order chi connectivity index (χ0) is 8.55. The minimum absolute atomic E-state index is 0. The van der Waals surface area contributed by atoms with Crippen molar-refractivity contribution in [2.75, 3.05) is 6.26 Å². The fourth-order valence-electron chi connectivity index (χ4n) is 0.970. The highest BCUT2D eigenvalue weighted by molar-refractivity contribution is 7.90. The summed E-state index contributed by atoms with van der Waals surface area (Å²) in [6.07, 6.45) is 4.90. The second-order valence-electron chi connectivity index (χ2n) is 2.39. The van der Waals surface area contributed by atoms with E-state index in [9.17, 15) is 4.55 Å². The van der Waals surface area contributed by atoms with Crippen LogP contribution in [0.4, 0.5) is 0 Å². The predicted octanol–water partition coefficient (Wildman–Crippen LogP) is 1.12. The van der Waals surface area contributed by atoms with Crippen LogP contribution in [-0.4, -0.2) is 25.8 Å². The van der Waals surface area contributed by atoms with Crippen LogP contribution in [0.5, 0.6) is 0 Å². The van der Waals surface area contributed by atoms with Gasteiger partial charge in [-0.25, -0.2) is 0 Å². The number of hydrogen-bond donors (Lipinski definition) is 1. The number of H-pyrrole nitrogens is 1. The molecule has 1 atom stereocenters. The molecule has 0 aliphatic carbocycles. The molecule has 70 valence electrons. The molecule has 6 heteroatoms. The van der Waals surface area contributed by atoms with E-state index in [1.165, 1.54) is 0 Å². The van der Waals surface area contributed by atoms with Crippen molar-refractivity contribution in [2.45, 2.75) is 5.16 Å². The molecule has 1 unspecified atom stereocenters. The minimum Gasteiger partial charge on any atom is -0.609 e. The van der Waals surface area contributed by atoms with Crippen molar-refractivity contribution < 1.29 is 4.55 Å². The highest BCUT2D eigenvalue weighted by Crippen LogP contribution is 2.11. The van der Waals surface area contributed by atoms with Crippen LogP contribution >= 0.6 is 12.4 Å². The molecule has 4 nitrogen and oxygen atoms in total. The topological polar surface area (TPSA) is 64.6 Å². The van der Waals surface area contributed by atoms with Gasteiger partial charge in [-0.3, -0.25) is 9.97 Å². The Labute approximate surface area is 84.4 Å². The molecule has 1 N–H and O–H groups in total. The van der Waals surface area contributed by atoms with Gasteiger partial charge in [0, 0.05) is 17.4 Å². The quantitative estimate of drug-likeness (QED) is 0.728. The van der Waals surface area contributed by atoms with Crippen molar-refractivity contribution in [1.82, 2.24) is 15.0 Å². The van der Waals surface area contributed by atoms with Crippen LogP contribution in [0, 0.1) is 0 Å². The summed E-state index contributed by atoms with van der Waals surface area (Å²) in [4.78, 5) is 10.9. The number of aromatic amines is 1. The third kappa shape index (κ3) is 1.93. The third-order valence-corrected chi connectivity index (χ3v) is 2.27. The first-order valence-electron chi connectivity index (χ1n) is 3.40. The predicted molar refractivity (Wildman–Crippen MR) is 53.5 cm³/mol. The molecule has 13 heavy (non-hydrogen) atoms. The maximum atomic E-state index is 11.0. The summed E-state index contributed by atoms with van der Waals surface area (Å²) in [5.41, 5.74) is 1.62. The zero-order valence-corrected chi connectivity index (χ0v) is 8.48. The molecular formula is C7H8ClN3OS. The lowest BCUT2D eigenvalue weighted by Crippen LogP contribution is -1.98. The van der Waals surface area contributed by atoms with Gasteiger partial charge in [-0.2, -0.15) is 4.98 Å². The lowest BCUT2D eigenvalue weighted by molar-refractivity contribution is 0.594. The van der Waals surface area contributed by atoms with E-state index in [2.05, 4.69) is 15.0 Å². The number of halogens is 1. The van der Waals surface area contributed by atoms with E-state index < -0.39 is 11.2 Å². The third-order valence-electron chi connectivity index (χ3n) is 1.54. The Balaban J connectivity index is 0.000000845. The smallest absolute Gasteiger partial charge is 0.321 e. The Morgan fingerprint density at radius 2 is 2.31 bits per heavy atom. The van der Waals surface area contributed by atoms with Crippen LogP contribution in [-0.2, 0) is 11.2 Å². The van der Waals surface area contributed by atoms with Crippen LogP contribution in [0.2, 0.25) is 0 Å². The van der Waals surface area contributed by atoms with Gasteiger partial charge >= 0.3 is 5.16 Å². The van der Waals surface area contributed by atoms with Crippen LogP contribution in [0.3, 0.4) is 0 Å². The SMILES string of the molecule is C[S+]([O-])c1nc2cnccc2[nH]1.Cl. The zero-order valence-electron chi connectivity index (χ0n) is 6.85. The van der Waals surface area contributed by atoms with E-state index in [1.54, 1.807) is 24.7 Å². The van der Waals surface area contributed by atoms with Gasteiger partial charge in [0.15, 0.2) is 0 Å². The standard InChI is InChI=1S/C7H7N3OS.ClH/c1-12(11)7-9-5-2-3-8-4-6(5)10-7;/h2-4H,1H3,(H,9,10);1H. The maximum absolute atomic E-state index is 11.0. The molecule has 0 radical (unpaired) electrons. The van der Waals surface area contributed by atoms with E-state index in [4.69, 9.17) is 0 Å². The Bertz CT molecular complexity index is 370. The number of aromatic nitrogens is 3. The number of nitrogens with zero attached hydrogens (tertiary/aromatic N) is 2. The Morgan fingerprint density at radius 1 is 1.54 bits per heavy atom. The summed E-state index contributed by atoms with van der Waals surface area (Å²) in [7, 11) is 0. The maximum Gasteiger partial charge on any atom is 0.321 e. The second-order valence-corrected chi connectivity index (χ2v) is 3.68. The van der Waals surface area contributed by atoms with Gasteiger partial charge < -0.3 is 4.55 Å². The van der Waals surface area contributed by atoms with Crippen LogP contribution < -0.4 is 0 Å². The molecule has 0 fully saturated rings. The monoisotopic (exact) mass is 217 g/mol. The molecule has 0 aliphatic rings. The number of pyridine rings is 1. The molecule has 0 aliphatic heterocycles. The molecular weight excluding hydrogens is 210 g/mol. The van der Waals surface area contributed by atoms with Crippen LogP contribution in [0.25, 0.3) is 11.0 Å². The highest BCUT2D eigenvalue weighted by atomic mass is 35.5. The van der Waals surface area contributed by atoms with Crippen molar-refractivity contribution >= 4 is 34.6 Å². The molecule has 0 saturated heterocycles. The number of nitrogens with one attached hydrogen (secondary N) is 1. The van der Waals surface area contributed by atoms with E-state index >= 15 is 0 Å². The number of fused-ring (bicyclic) bond motifs is 1. The van der Waals surface area contributed by atoms with Crippen LogP contribution in [0.15, 0.2) is 23.6 Å². The van der Waals surface area contributed by atoms with E-state index in [-0.39, 0.29) is 12.4 Å². The van der Waals surface area contributed by atoms with Crippen molar-refractivity contribution in [2.24, 2.45) is 0 Å². The first kappa shape index (κ1) is 10.3. The lowest BCUT2D eigenvalue weighted by Gasteiger charge is -1.95. The molecule has 0 amide bonds. The average Bonchev–Trinajstić information content (AvgIpc) is 2.46. The average molecular weight is 218 g/mol.